The maximum Gasteiger partial charge on any atom is 0.267 e. The van der Waals surface area contributed by atoms with E-state index in [0.29, 0.717) is 16.6 Å². The Balaban J connectivity index is 1.58. The minimum Gasteiger partial charge on any atom is -0.381 e. The maximum absolute atomic E-state index is 14.5. The van der Waals surface area contributed by atoms with Gasteiger partial charge in [-0.25, -0.2) is 14.5 Å². The SMILES string of the molecule is [B]c1c([B])c([B])c(-n2c([C@@H](C)NC(=O)c3c(N)nn4cccnc34)nc3cccc(C#Cc4cnn(C)c4)c3c2=O)c([B])c1[B]. The molecule has 2 aromatic carbocycles. The number of nitrogens with two attached hydrogens (primary N) is 1. The molecular weight excluding hydrogens is 560 g/mol. The molecule has 16 heteroatoms. The summed E-state index contributed by atoms with van der Waals surface area (Å²) in [4.78, 5) is 37.1. The molecule has 10 radical (unpaired) electrons. The fourth-order valence-corrected chi connectivity index (χ4v) is 5.01. The van der Waals surface area contributed by atoms with Crippen molar-refractivity contribution in [1.82, 2.24) is 39.2 Å². The monoisotopic (exact) mass is 579 g/mol. The van der Waals surface area contributed by atoms with Gasteiger partial charge >= 0.3 is 0 Å². The number of amides is 1. The number of nitrogens with zero attached hydrogens (tertiary/aromatic N) is 7. The molecule has 0 aliphatic carbocycles. The normalized spacial score (nSPS) is 11.8. The Bertz CT molecular complexity index is 2290. The Hall–Kier alpha value is -5.44. The molecule has 0 aliphatic heterocycles. The van der Waals surface area contributed by atoms with Crippen LogP contribution in [-0.2, 0) is 7.05 Å². The molecule has 1 amide bonds. The third kappa shape index (κ3) is 5.00. The Labute approximate surface area is 263 Å². The first kappa shape index (κ1) is 29.6. The molecule has 3 N–H and O–H groups in total. The third-order valence-electron chi connectivity index (χ3n) is 7.25. The van der Waals surface area contributed by atoms with E-state index in [2.05, 4.69) is 32.3 Å². The molecule has 4 aromatic heterocycles. The standard InChI is InChI=1S/C29H18B5N9O2/c1-13(38-28(44)18-25(35)40-42-10-4-9-36-27(18)42)26-39-16-6-3-5-15(8-7-14-11-37-41(2)12-14)17(16)29(45)43(26)24-22(33)20(31)19(30)21(32)23(24)34/h3-6,9-13H,1-2H3,(H2,35,40)(H,38,44)/t13-/m1/s1. The Morgan fingerprint density at radius 3 is 2.42 bits per heavy atom. The molecule has 0 aliphatic rings. The smallest absolute Gasteiger partial charge is 0.267 e. The second kappa shape index (κ2) is 11.2. The number of aryl methyl sites for hydroxylation is 1. The molecule has 0 saturated heterocycles. The highest BCUT2D eigenvalue weighted by Crippen LogP contribution is 2.21. The van der Waals surface area contributed by atoms with Gasteiger partial charge < -0.3 is 11.1 Å². The summed E-state index contributed by atoms with van der Waals surface area (Å²) in [5.41, 5.74) is 6.69. The molecule has 0 saturated carbocycles. The number of hydrogen-bond donors (Lipinski definition) is 2. The summed E-state index contributed by atoms with van der Waals surface area (Å²) in [6.45, 7) is 1.62. The van der Waals surface area contributed by atoms with E-state index in [4.69, 9.17) is 49.9 Å². The molecule has 0 fully saturated rings. The predicted octanol–water partition coefficient (Wildman–Crippen LogP) is -3.40. The Morgan fingerprint density at radius 2 is 1.73 bits per heavy atom. The quantitative estimate of drug-likeness (QED) is 0.164. The van der Waals surface area contributed by atoms with Gasteiger partial charge in [-0.2, -0.15) is 5.10 Å². The van der Waals surface area contributed by atoms with Crippen LogP contribution in [0.4, 0.5) is 5.82 Å². The highest BCUT2D eigenvalue weighted by atomic mass is 16.2. The maximum atomic E-state index is 14.5. The van der Waals surface area contributed by atoms with Crippen molar-refractivity contribution < 1.29 is 4.79 Å². The lowest BCUT2D eigenvalue weighted by atomic mass is 9.61. The zero-order valence-electron chi connectivity index (χ0n) is 24.1. The van der Waals surface area contributed by atoms with Crippen molar-refractivity contribution in [3.8, 4) is 17.5 Å². The molecule has 206 valence electrons. The van der Waals surface area contributed by atoms with Gasteiger partial charge in [0.05, 0.1) is 28.7 Å². The lowest BCUT2D eigenvalue weighted by Crippen LogP contribution is -2.57. The van der Waals surface area contributed by atoms with Crippen LogP contribution < -0.4 is 43.9 Å². The van der Waals surface area contributed by atoms with Gasteiger partial charge in [-0.1, -0.05) is 28.8 Å². The first-order valence-corrected chi connectivity index (χ1v) is 13.5. The van der Waals surface area contributed by atoms with Crippen molar-refractivity contribution in [2.45, 2.75) is 13.0 Å². The summed E-state index contributed by atoms with van der Waals surface area (Å²) in [6.07, 6.45) is 6.46. The van der Waals surface area contributed by atoms with Gasteiger partial charge in [-0.05, 0) is 25.1 Å². The minimum absolute atomic E-state index is 0.0301. The Morgan fingerprint density at radius 1 is 1.02 bits per heavy atom. The van der Waals surface area contributed by atoms with Crippen LogP contribution in [0, 0.1) is 11.8 Å². The summed E-state index contributed by atoms with van der Waals surface area (Å²) in [5, 5.41) is 11.3. The van der Waals surface area contributed by atoms with Crippen molar-refractivity contribution in [3.63, 3.8) is 0 Å². The number of rotatable bonds is 4. The molecule has 4 heterocycles. The third-order valence-corrected chi connectivity index (χ3v) is 7.25. The molecule has 6 rings (SSSR count). The molecule has 6 aromatic rings. The van der Waals surface area contributed by atoms with Gasteiger partial charge in [-0.3, -0.25) is 18.8 Å². The van der Waals surface area contributed by atoms with Crippen LogP contribution in [0.15, 0.2) is 53.8 Å². The van der Waals surface area contributed by atoms with E-state index < -0.39 is 17.5 Å². The topological polar surface area (TPSA) is 138 Å². The number of benzene rings is 2. The summed E-state index contributed by atoms with van der Waals surface area (Å²) >= 11 is 0. The number of carbonyl (C=O) groups is 1. The van der Waals surface area contributed by atoms with Gasteiger partial charge in [0.2, 0.25) is 0 Å². The second-order valence-corrected chi connectivity index (χ2v) is 10.2. The molecule has 1 atom stereocenters. The van der Waals surface area contributed by atoms with Gasteiger partial charge in [0.25, 0.3) is 11.5 Å². The van der Waals surface area contributed by atoms with E-state index in [1.807, 2.05) is 0 Å². The van der Waals surface area contributed by atoms with Gasteiger partial charge in [0.1, 0.15) is 50.6 Å². The highest BCUT2D eigenvalue weighted by molar-refractivity contribution is 6.68. The largest absolute Gasteiger partial charge is 0.381 e. The average molecular weight is 579 g/mol. The number of hydrogen-bond acceptors (Lipinski definition) is 7. The van der Waals surface area contributed by atoms with Crippen molar-refractivity contribution in [2.75, 3.05) is 5.73 Å². The van der Waals surface area contributed by atoms with Crippen molar-refractivity contribution in [2.24, 2.45) is 7.05 Å². The zero-order chi connectivity index (χ0) is 32.2. The number of anilines is 1. The van der Waals surface area contributed by atoms with Crippen LogP contribution in [0.25, 0.3) is 22.2 Å². The van der Waals surface area contributed by atoms with Gasteiger partial charge in [-0.15, -0.1) is 21.5 Å². The van der Waals surface area contributed by atoms with Crippen LogP contribution in [0.3, 0.4) is 0 Å². The number of aromatic nitrogens is 7. The Kier molecular flexibility index (Phi) is 7.40. The summed E-state index contributed by atoms with van der Waals surface area (Å²) < 4.78 is 4.16. The van der Waals surface area contributed by atoms with Crippen LogP contribution in [0.1, 0.15) is 40.3 Å². The van der Waals surface area contributed by atoms with Crippen molar-refractivity contribution >= 4 is 94.8 Å². The van der Waals surface area contributed by atoms with E-state index in [-0.39, 0.29) is 61.2 Å². The second-order valence-electron chi connectivity index (χ2n) is 10.2. The number of fused-ring (bicyclic) bond motifs is 2. The van der Waals surface area contributed by atoms with Crippen LogP contribution in [0.5, 0.6) is 0 Å². The van der Waals surface area contributed by atoms with Gasteiger partial charge in [0.15, 0.2) is 11.5 Å². The first-order chi connectivity index (χ1) is 21.5. The van der Waals surface area contributed by atoms with Crippen molar-refractivity contribution in [3.05, 3.63) is 81.9 Å². The lowest BCUT2D eigenvalue weighted by molar-refractivity contribution is 0.0940. The van der Waals surface area contributed by atoms with E-state index in [1.54, 1.807) is 61.5 Å². The fourth-order valence-electron chi connectivity index (χ4n) is 5.01. The molecule has 0 bridgehead atoms. The van der Waals surface area contributed by atoms with Crippen LogP contribution >= 0.6 is 0 Å². The molecular formula is C29H18B5N9O2. The van der Waals surface area contributed by atoms with Crippen molar-refractivity contribution in [1.29, 1.82) is 0 Å². The number of nitrogens with one attached hydrogen (secondary N) is 1. The number of nitrogen functional groups attached to an aromatic ring is 1. The van der Waals surface area contributed by atoms with Crippen LogP contribution in [0.2, 0.25) is 0 Å². The minimum atomic E-state index is -0.934. The highest BCUT2D eigenvalue weighted by Gasteiger charge is 2.26. The molecule has 0 unspecified atom stereocenters. The average Bonchev–Trinajstić information content (AvgIpc) is 3.60. The number of carbonyl (C=O) groups excluding carboxylic acids is 1. The lowest BCUT2D eigenvalue weighted by Gasteiger charge is -2.26. The fraction of sp³-hybridized carbons (Fsp3) is 0.103. The predicted molar refractivity (Wildman–Crippen MR) is 177 cm³/mol. The van der Waals surface area contributed by atoms with Gasteiger partial charge in [0, 0.05) is 36.9 Å². The molecule has 0 spiro atoms. The summed E-state index contributed by atoms with van der Waals surface area (Å²) in [6, 6.07) is 5.77. The van der Waals surface area contributed by atoms with Crippen LogP contribution in [-0.4, -0.2) is 79.1 Å². The van der Waals surface area contributed by atoms with E-state index in [0.717, 1.165) is 4.57 Å². The van der Waals surface area contributed by atoms with E-state index >= 15 is 0 Å². The van der Waals surface area contributed by atoms with E-state index in [9.17, 15) is 9.59 Å². The molecule has 45 heavy (non-hydrogen) atoms. The molecule has 11 nitrogen and oxygen atoms in total. The van der Waals surface area contributed by atoms with E-state index in [1.165, 1.54) is 10.7 Å². The first-order valence-electron chi connectivity index (χ1n) is 13.5. The zero-order valence-corrected chi connectivity index (χ0v) is 24.1. The summed E-state index contributed by atoms with van der Waals surface area (Å²) in [7, 11) is 33.0. The summed E-state index contributed by atoms with van der Waals surface area (Å²) in [5.74, 6) is 5.46.